The van der Waals surface area contributed by atoms with Crippen molar-refractivity contribution < 1.29 is 4.39 Å². The molecule has 0 amide bonds. The fourth-order valence-electron chi connectivity index (χ4n) is 2.87. The molecule has 0 radical (unpaired) electrons. The van der Waals surface area contributed by atoms with E-state index in [1.807, 2.05) is 41.9 Å². The second-order valence-electron chi connectivity index (χ2n) is 5.92. The van der Waals surface area contributed by atoms with Gasteiger partial charge >= 0.3 is 0 Å². The Morgan fingerprint density at radius 2 is 1.81 bits per heavy atom. The molecule has 0 saturated heterocycles. The van der Waals surface area contributed by atoms with Crippen LogP contribution in [0.1, 0.15) is 17.0 Å². The first-order chi connectivity index (χ1) is 12.6. The number of rotatable bonds is 3. The van der Waals surface area contributed by atoms with Crippen LogP contribution in [0.15, 0.2) is 64.1 Å². The number of para-hydroxylation sites is 1. The van der Waals surface area contributed by atoms with E-state index in [0.29, 0.717) is 22.3 Å². The van der Waals surface area contributed by atoms with Gasteiger partial charge in [-0.15, -0.1) is 11.3 Å². The van der Waals surface area contributed by atoms with Crippen molar-refractivity contribution in [1.29, 1.82) is 0 Å². The summed E-state index contributed by atoms with van der Waals surface area (Å²) in [6.45, 7) is 1.95. The van der Waals surface area contributed by atoms with E-state index in [1.165, 1.54) is 17.4 Å². The topological polar surface area (TPSA) is 34.9 Å². The molecular formula is C21H15FN2OS. The Hall–Kier alpha value is -3.05. The largest absolute Gasteiger partial charge is 0.268 e. The van der Waals surface area contributed by atoms with E-state index >= 15 is 0 Å². The molecule has 0 unspecified atom stereocenters. The van der Waals surface area contributed by atoms with E-state index in [1.54, 1.807) is 34.9 Å². The first kappa shape index (κ1) is 16.4. The van der Waals surface area contributed by atoms with Crippen molar-refractivity contribution in [3.05, 3.63) is 92.4 Å². The molecule has 3 nitrogen and oxygen atoms in total. The maximum absolute atomic E-state index is 13.9. The molecule has 5 heteroatoms. The molecule has 0 bridgehead atoms. The van der Waals surface area contributed by atoms with Crippen molar-refractivity contribution >= 4 is 34.4 Å². The fourth-order valence-corrected chi connectivity index (χ4v) is 3.60. The first-order valence-electron chi connectivity index (χ1n) is 8.13. The van der Waals surface area contributed by atoms with Crippen LogP contribution in [0.25, 0.3) is 28.7 Å². The van der Waals surface area contributed by atoms with Crippen molar-refractivity contribution in [2.45, 2.75) is 6.92 Å². The molecule has 0 aliphatic heterocycles. The predicted octanol–water partition coefficient (Wildman–Crippen LogP) is 5.07. The first-order valence-corrected chi connectivity index (χ1v) is 9.07. The third kappa shape index (κ3) is 2.86. The lowest BCUT2D eigenvalue weighted by molar-refractivity contribution is 0.625. The molecule has 128 valence electrons. The van der Waals surface area contributed by atoms with E-state index in [2.05, 4.69) is 4.98 Å². The van der Waals surface area contributed by atoms with Crippen LogP contribution in [-0.4, -0.2) is 9.55 Å². The van der Waals surface area contributed by atoms with Crippen LogP contribution in [-0.2, 0) is 0 Å². The van der Waals surface area contributed by atoms with E-state index < -0.39 is 0 Å². The summed E-state index contributed by atoms with van der Waals surface area (Å²) in [5, 5.41) is 4.24. The van der Waals surface area contributed by atoms with Gasteiger partial charge in [-0.25, -0.2) is 9.37 Å². The Bertz CT molecular complexity index is 1190. The Kier molecular flexibility index (Phi) is 4.22. The summed E-state index contributed by atoms with van der Waals surface area (Å²) in [5.41, 5.74) is 2.71. The highest BCUT2D eigenvalue weighted by atomic mass is 32.1. The molecule has 2 aromatic carbocycles. The Morgan fingerprint density at radius 1 is 1.04 bits per heavy atom. The van der Waals surface area contributed by atoms with Gasteiger partial charge in [-0.2, -0.15) is 0 Å². The van der Waals surface area contributed by atoms with Crippen molar-refractivity contribution in [3.63, 3.8) is 0 Å². The number of aryl methyl sites for hydroxylation is 1. The summed E-state index contributed by atoms with van der Waals surface area (Å²) < 4.78 is 15.5. The summed E-state index contributed by atoms with van der Waals surface area (Å²) >= 11 is 1.44. The summed E-state index contributed by atoms with van der Waals surface area (Å²) in [6.07, 6.45) is 3.33. The standard InChI is InChI=1S/C21H15FN2OS/c1-14-6-2-5-9-19(14)24-20(11-10-15-7-3-4-8-17(15)22)23-18-13-26-12-16(18)21(24)25/h2-13H,1H3. The van der Waals surface area contributed by atoms with Gasteiger partial charge in [0, 0.05) is 16.3 Å². The van der Waals surface area contributed by atoms with Gasteiger partial charge in [-0.05, 0) is 36.8 Å². The van der Waals surface area contributed by atoms with Gasteiger partial charge in [-0.1, -0.05) is 36.4 Å². The number of benzene rings is 2. The minimum atomic E-state index is -0.315. The summed E-state index contributed by atoms with van der Waals surface area (Å²) in [5.74, 6) is 0.156. The second kappa shape index (κ2) is 6.69. The van der Waals surface area contributed by atoms with Gasteiger partial charge in [0.05, 0.1) is 16.6 Å². The van der Waals surface area contributed by atoms with Crippen LogP contribution in [0, 0.1) is 12.7 Å². The molecule has 0 saturated carbocycles. The number of thiophene rings is 1. The lowest BCUT2D eigenvalue weighted by atomic mass is 10.1. The van der Waals surface area contributed by atoms with Gasteiger partial charge < -0.3 is 0 Å². The summed E-state index contributed by atoms with van der Waals surface area (Å²) in [7, 11) is 0. The maximum atomic E-state index is 13.9. The zero-order valence-electron chi connectivity index (χ0n) is 14.0. The average molecular weight is 362 g/mol. The minimum Gasteiger partial charge on any atom is -0.268 e. The average Bonchev–Trinajstić information content (AvgIpc) is 3.11. The quantitative estimate of drug-likeness (QED) is 0.510. The molecule has 0 spiro atoms. The SMILES string of the molecule is Cc1ccccc1-n1c(C=Cc2ccccc2F)nc2cscc2c1=O. The third-order valence-electron chi connectivity index (χ3n) is 4.21. The Morgan fingerprint density at radius 3 is 2.62 bits per heavy atom. The van der Waals surface area contributed by atoms with Crippen LogP contribution < -0.4 is 5.56 Å². The van der Waals surface area contributed by atoms with E-state index in [4.69, 9.17) is 0 Å². The van der Waals surface area contributed by atoms with Gasteiger partial charge in [0.15, 0.2) is 0 Å². The number of hydrogen-bond acceptors (Lipinski definition) is 3. The number of aromatic nitrogens is 2. The highest BCUT2D eigenvalue weighted by Crippen LogP contribution is 2.20. The van der Waals surface area contributed by atoms with Gasteiger partial charge in [-0.3, -0.25) is 9.36 Å². The summed E-state index contributed by atoms with van der Waals surface area (Å²) in [6, 6.07) is 14.2. The molecule has 4 aromatic rings. The fraction of sp³-hybridized carbons (Fsp3) is 0.0476. The van der Waals surface area contributed by atoms with Crippen LogP contribution in [0.5, 0.6) is 0 Å². The lowest BCUT2D eigenvalue weighted by Gasteiger charge is -2.12. The molecule has 2 aromatic heterocycles. The second-order valence-corrected chi connectivity index (χ2v) is 6.67. The van der Waals surface area contributed by atoms with Gasteiger partial charge in [0.1, 0.15) is 11.6 Å². The third-order valence-corrected chi connectivity index (χ3v) is 4.94. The monoisotopic (exact) mass is 362 g/mol. The van der Waals surface area contributed by atoms with Crippen molar-refractivity contribution in [3.8, 4) is 5.69 Å². The zero-order valence-corrected chi connectivity index (χ0v) is 14.8. The van der Waals surface area contributed by atoms with Crippen molar-refractivity contribution in [2.75, 3.05) is 0 Å². The van der Waals surface area contributed by atoms with Crippen molar-refractivity contribution in [2.24, 2.45) is 0 Å². The molecule has 0 atom stereocenters. The van der Waals surface area contributed by atoms with Crippen LogP contribution in [0.2, 0.25) is 0 Å². The van der Waals surface area contributed by atoms with Crippen LogP contribution in [0.3, 0.4) is 0 Å². The zero-order chi connectivity index (χ0) is 18.1. The van der Waals surface area contributed by atoms with Gasteiger partial charge in [0.2, 0.25) is 0 Å². The molecular weight excluding hydrogens is 347 g/mol. The molecule has 2 heterocycles. The smallest absolute Gasteiger partial charge is 0.267 e. The van der Waals surface area contributed by atoms with E-state index in [-0.39, 0.29) is 11.4 Å². The van der Waals surface area contributed by atoms with Gasteiger partial charge in [0.25, 0.3) is 5.56 Å². The predicted molar refractivity (Wildman–Crippen MR) is 105 cm³/mol. The minimum absolute atomic E-state index is 0.126. The molecule has 0 N–H and O–H groups in total. The normalized spacial score (nSPS) is 11.5. The Balaban J connectivity index is 1.96. The highest BCUT2D eigenvalue weighted by Gasteiger charge is 2.13. The molecule has 0 aliphatic carbocycles. The van der Waals surface area contributed by atoms with Crippen LogP contribution >= 0.6 is 11.3 Å². The highest BCUT2D eigenvalue weighted by molar-refractivity contribution is 7.09. The number of halogens is 1. The van der Waals surface area contributed by atoms with Crippen LogP contribution in [0.4, 0.5) is 4.39 Å². The van der Waals surface area contributed by atoms with Crippen molar-refractivity contribution in [1.82, 2.24) is 9.55 Å². The lowest BCUT2D eigenvalue weighted by Crippen LogP contribution is -2.22. The number of fused-ring (bicyclic) bond motifs is 1. The summed E-state index contributed by atoms with van der Waals surface area (Å²) in [4.78, 5) is 17.7. The molecule has 4 rings (SSSR count). The molecule has 0 fully saturated rings. The maximum Gasteiger partial charge on any atom is 0.267 e. The molecule has 0 aliphatic rings. The Labute approximate surface area is 153 Å². The van der Waals surface area contributed by atoms with E-state index in [0.717, 1.165) is 11.3 Å². The number of nitrogens with zero attached hydrogens (tertiary/aromatic N) is 2. The number of hydrogen-bond donors (Lipinski definition) is 0. The molecule has 26 heavy (non-hydrogen) atoms. The van der Waals surface area contributed by atoms with E-state index in [9.17, 15) is 9.18 Å².